The van der Waals surface area contributed by atoms with Crippen molar-refractivity contribution in [2.24, 2.45) is 0 Å². The van der Waals surface area contributed by atoms with Gasteiger partial charge in [-0.2, -0.15) is 5.10 Å². The van der Waals surface area contributed by atoms with Crippen LogP contribution in [0.15, 0.2) is 5.38 Å². The summed E-state index contributed by atoms with van der Waals surface area (Å²) in [6.07, 6.45) is 0.857. The first kappa shape index (κ1) is 14.0. The van der Waals surface area contributed by atoms with Gasteiger partial charge in [0, 0.05) is 25.0 Å². The lowest BCUT2D eigenvalue weighted by atomic mass is 10.1. The number of carboxylic acids is 1. The number of hydrogen-bond acceptors (Lipinski definition) is 7. The largest absolute Gasteiger partial charge is 0.480 e. The van der Waals surface area contributed by atoms with Crippen molar-refractivity contribution in [3.8, 4) is 11.5 Å². The fourth-order valence-corrected chi connectivity index (χ4v) is 2.84. The van der Waals surface area contributed by atoms with Gasteiger partial charge in [-0.05, 0) is 6.42 Å². The van der Waals surface area contributed by atoms with E-state index in [-0.39, 0.29) is 12.5 Å². The molecular weight excluding hydrogens is 294 g/mol. The molecule has 2 N–H and O–H groups in total. The second-order valence-corrected chi connectivity index (χ2v) is 5.55. The fraction of sp³-hybridized carbons (Fsp3) is 0.500. The maximum Gasteiger partial charge on any atom is 0.325 e. The maximum atomic E-state index is 11.0. The smallest absolute Gasteiger partial charge is 0.325 e. The Morgan fingerprint density at radius 1 is 1.62 bits per heavy atom. The second-order valence-electron chi connectivity index (χ2n) is 4.69. The predicted octanol–water partition coefficient (Wildman–Crippen LogP) is 1.03. The van der Waals surface area contributed by atoms with Crippen molar-refractivity contribution >= 4 is 22.4 Å². The van der Waals surface area contributed by atoms with E-state index in [0.717, 1.165) is 11.6 Å². The van der Waals surface area contributed by atoms with Crippen LogP contribution in [-0.4, -0.2) is 51.1 Å². The van der Waals surface area contributed by atoms with Gasteiger partial charge in [-0.25, -0.2) is 14.6 Å². The molecule has 0 amide bonds. The van der Waals surface area contributed by atoms with Crippen LogP contribution in [0.1, 0.15) is 18.2 Å². The molecule has 8 nitrogen and oxygen atoms in total. The third-order valence-corrected chi connectivity index (χ3v) is 4.07. The lowest BCUT2D eigenvalue weighted by Crippen LogP contribution is -2.12. The summed E-state index contributed by atoms with van der Waals surface area (Å²) in [7, 11) is 1.78. The molecular formula is C12H15N5O3S. The van der Waals surface area contributed by atoms with Crippen LogP contribution in [0, 0.1) is 0 Å². The highest BCUT2D eigenvalue weighted by Crippen LogP contribution is 2.27. The quantitative estimate of drug-likeness (QED) is 0.850. The number of nitrogens with zero attached hydrogens (tertiary/aromatic N) is 4. The molecule has 3 rings (SSSR count). The summed E-state index contributed by atoms with van der Waals surface area (Å²) in [6, 6.07) is 0. The molecule has 0 saturated carbocycles. The first-order chi connectivity index (χ1) is 10.2. The molecule has 9 heteroatoms. The van der Waals surface area contributed by atoms with Crippen molar-refractivity contribution in [3.63, 3.8) is 0 Å². The highest BCUT2D eigenvalue weighted by molar-refractivity contribution is 7.14. The summed E-state index contributed by atoms with van der Waals surface area (Å²) >= 11 is 1.44. The SMILES string of the molecule is CNc1nc(-c2nc(C3CCOC3)nn2CC(=O)O)cs1. The molecule has 1 atom stereocenters. The highest BCUT2D eigenvalue weighted by Gasteiger charge is 2.25. The molecule has 1 aliphatic heterocycles. The van der Waals surface area contributed by atoms with E-state index in [4.69, 9.17) is 9.84 Å². The predicted molar refractivity (Wildman–Crippen MR) is 76.5 cm³/mol. The van der Waals surface area contributed by atoms with Crippen LogP contribution in [0.2, 0.25) is 0 Å². The van der Waals surface area contributed by atoms with Gasteiger partial charge >= 0.3 is 5.97 Å². The first-order valence-corrected chi connectivity index (χ1v) is 7.43. The van der Waals surface area contributed by atoms with E-state index in [1.807, 2.05) is 5.38 Å². The van der Waals surface area contributed by atoms with Gasteiger partial charge in [0.15, 0.2) is 16.8 Å². The first-order valence-electron chi connectivity index (χ1n) is 6.55. The van der Waals surface area contributed by atoms with Crippen LogP contribution in [0.4, 0.5) is 5.13 Å². The average molecular weight is 309 g/mol. The lowest BCUT2D eigenvalue weighted by molar-refractivity contribution is -0.137. The number of hydrogen-bond donors (Lipinski definition) is 2. The van der Waals surface area contributed by atoms with Gasteiger partial charge in [-0.3, -0.25) is 4.79 Å². The number of carbonyl (C=O) groups is 1. The van der Waals surface area contributed by atoms with Crippen molar-refractivity contribution < 1.29 is 14.6 Å². The minimum Gasteiger partial charge on any atom is -0.480 e. The number of nitrogens with one attached hydrogen (secondary N) is 1. The average Bonchev–Trinajstić information content (AvgIpc) is 3.17. The highest BCUT2D eigenvalue weighted by atomic mass is 32.1. The van der Waals surface area contributed by atoms with Gasteiger partial charge in [0.05, 0.1) is 6.61 Å². The Labute approximate surface area is 124 Å². The summed E-state index contributed by atoms with van der Waals surface area (Å²) in [4.78, 5) is 19.9. The molecule has 0 aliphatic carbocycles. The number of rotatable bonds is 5. The van der Waals surface area contributed by atoms with Gasteiger partial charge in [-0.15, -0.1) is 11.3 Å². The van der Waals surface area contributed by atoms with E-state index in [0.29, 0.717) is 30.6 Å². The molecule has 1 fully saturated rings. The third-order valence-electron chi connectivity index (χ3n) is 3.22. The van der Waals surface area contributed by atoms with Crippen molar-refractivity contribution in [2.45, 2.75) is 18.9 Å². The maximum absolute atomic E-state index is 11.0. The Hall–Kier alpha value is -2.00. The standard InChI is InChI=1S/C12H15N5O3S/c1-13-12-14-8(6-21-12)11-15-10(7-2-3-20-5-7)16-17(11)4-9(18)19/h6-7H,2-5H2,1H3,(H,13,14)(H,18,19). The summed E-state index contributed by atoms with van der Waals surface area (Å²) in [5.74, 6) is 0.278. The van der Waals surface area contributed by atoms with Gasteiger partial charge in [-0.1, -0.05) is 0 Å². The number of aromatic nitrogens is 4. The lowest BCUT2D eigenvalue weighted by Gasteiger charge is -2.00. The van der Waals surface area contributed by atoms with E-state index in [2.05, 4.69) is 20.4 Å². The summed E-state index contributed by atoms with van der Waals surface area (Å²) in [5.41, 5.74) is 0.628. The fourth-order valence-electron chi connectivity index (χ4n) is 2.19. The van der Waals surface area contributed by atoms with E-state index in [9.17, 15) is 4.79 Å². The Kier molecular flexibility index (Phi) is 3.84. The Morgan fingerprint density at radius 3 is 3.10 bits per heavy atom. The number of carboxylic acid groups (broad SMARTS) is 1. The van der Waals surface area contributed by atoms with Gasteiger partial charge in [0.25, 0.3) is 0 Å². The molecule has 0 bridgehead atoms. The van der Waals surface area contributed by atoms with Crippen LogP contribution in [0.3, 0.4) is 0 Å². The Morgan fingerprint density at radius 2 is 2.48 bits per heavy atom. The summed E-state index contributed by atoms with van der Waals surface area (Å²) in [6.45, 7) is 1.03. The Balaban J connectivity index is 1.97. The Bertz CT molecular complexity index is 647. The van der Waals surface area contributed by atoms with Crippen LogP contribution < -0.4 is 5.32 Å². The molecule has 2 aromatic rings. The van der Waals surface area contributed by atoms with E-state index in [1.54, 1.807) is 7.05 Å². The molecule has 112 valence electrons. The van der Waals surface area contributed by atoms with Gasteiger partial charge < -0.3 is 15.2 Å². The van der Waals surface area contributed by atoms with E-state index in [1.165, 1.54) is 16.0 Å². The van der Waals surface area contributed by atoms with Gasteiger partial charge in [0.1, 0.15) is 12.2 Å². The minimum absolute atomic E-state index is 0.126. The topological polar surface area (TPSA) is 102 Å². The third kappa shape index (κ3) is 2.88. The van der Waals surface area contributed by atoms with Crippen LogP contribution in [-0.2, 0) is 16.1 Å². The molecule has 0 radical (unpaired) electrons. The molecule has 2 aromatic heterocycles. The van der Waals surface area contributed by atoms with E-state index >= 15 is 0 Å². The zero-order valence-electron chi connectivity index (χ0n) is 11.4. The number of ether oxygens (including phenoxy) is 1. The van der Waals surface area contributed by atoms with E-state index < -0.39 is 5.97 Å². The summed E-state index contributed by atoms with van der Waals surface area (Å²) < 4.78 is 6.73. The van der Waals surface area contributed by atoms with Crippen LogP contribution in [0.25, 0.3) is 11.5 Å². The molecule has 0 aromatic carbocycles. The van der Waals surface area contributed by atoms with Crippen LogP contribution >= 0.6 is 11.3 Å². The number of anilines is 1. The summed E-state index contributed by atoms with van der Waals surface area (Å²) in [5, 5.41) is 18.9. The number of aliphatic carboxylic acids is 1. The molecule has 1 aliphatic rings. The molecule has 21 heavy (non-hydrogen) atoms. The molecule has 0 spiro atoms. The molecule has 1 saturated heterocycles. The monoisotopic (exact) mass is 309 g/mol. The zero-order valence-corrected chi connectivity index (χ0v) is 12.3. The normalized spacial score (nSPS) is 18.0. The minimum atomic E-state index is -0.959. The van der Waals surface area contributed by atoms with Crippen molar-refractivity contribution in [3.05, 3.63) is 11.2 Å². The van der Waals surface area contributed by atoms with Crippen molar-refractivity contribution in [2.75, 3.05) is 25.6 Å². The van der Waals surface area contributed by atoms with Crippen LogP contribution in [0.5, 0.6) is 0 Å². The van der Waals surface area contributed by atoms with Gasteiger partial charge in [0.2, 0.25) is 0 Å². The molecule has 1 unspecified atom stereocenters. The van der Waals surface area contributed by atoms with Crippen molar-refractivity contribution in [1.82, 2.24) is 19.7 Å². The second kappa shape index (κ2) is 5.78. The number of thiazole rings is 1. The zero-order chi connectivity index (χ0) is 14.8. The van der Waals surface area contributed by atoms with Crippen molar-refractivity contribution in [1.29, 1.82) is 0 Å². The molecule has 3 heterocycles.